The van der Waals surface area contributed by atoms with Crippen molar-refractivity contribution in [1.82, 2.24) is 15.0 Å². The molecule has 0 atom stereocenters. The number of hydrogen-bond acceptors (Lipinski definition) is 3. The van der Waals surface area contributed by atoms with Gasteiger partial charge in [0.05, 0.1) is 0 Å². The molecule has 0 saturated heterocycles. The first kappa shape index (κ1) is 33.7. The van der Waals surface area contributed by atoms with Crippen molar-refractivity contribution in [2.24, 2.45) is 23.7 Å². The molecular weight excluding hydrogens is 715 g/mol. The topological polar surface area (TPSA) is 38.7 Å². The van der Waals surface area contributed by atoms with Gasteiger partial charge in [-0.25, -0.2) is 15.0 Å². The maximum Gasteiger partial charge on any atom is 0.164 e. The van der Waals surface area contributed by atoms with Crippen molar-refractivity contribution in [3.63, 3.8) is 0 Å². The summed E-state index contributed by atoms with van der Waals surface area (Å²) < 4.78 is 0. The summed E-state index contributed by atoms with van der Waals surface area (Å²) in [5.74, 6) is 5.26. The summed E-state index contributed by atoms with van der Waals surface area (Å²) in [6, 6.07) is 56.2. The number of rotatable bonds is 4. The molecule has 1 spiro atoms. The van der Waals surface area contributed by atoms with E-state index in [1.165, 1.54) is 92.9 Å². The van der Waals surface area contributed by atoms with Gasteiger partial charge in [0.15, 0.2) is 17.5 Å². The molecule has 0 radical (unpaired) electrons. The van der Waals surface area contributed by atoms with Crippen molar-refractivity contribution in [1.29, 1.82) is 0 Å². The fourth-order valence-electron chi connectivity index (χ4n) is 13.1. The molecule has 0 N–H and O–H groups in total. The molecule has 0 aliphatic heterocycles. The lowest BCUT2D eigenvalue weighted by Gasteiger charge is -2.61. The Morgan fingerprint density at radius 2 is 0.966 bits per heavy atom. The molecule has 8 aromatic rings. The van der Waals surface area contributed by atoms with Gasteiger partial charge in [-0.15, -0.1) is 0 Å². The standard InChI is InChI=1S/C56H45N3/c1-55(2)47-15-9-8-14-44(47)45-23-20-39(31-49(45)55)35-16-18-38(19-17-35)53-57-52(37-11-4-3-5-12-37)58-54(59-53)40-21-24-46-50(32-40)56(41-27-33-26-34(29-41)30-42(56)28-33)48-25-22-36-10-6-7-13-43(36)51(46)48/h3-25,31-34,41-42H,26-30H2,1-2H3. The zero-order valence-electron chi connectivity index (χ0n) is 33.6. The predicted molar refractivity (Wildman–Crippen MR) is 240 cm³/mol. The maximum absolute atomic E-state index is 5.32. The molecule has 3 heteroatoms. The van der Waals surface area contributed by atoms with Crippen molar-refractivity contribution >= 4 is 10.8 Å². The van der Waals surface area contributed by atoms with E-state index in [2.05, 4.69) is 166 Å². The van der Waals surface area contributed by atoms with Crippen LogP contribution in [0.4, 0.5) is 0 Å². The molecule has 4 fully saturated rings. The zero-order chi connectivity index (χ0) is 39.0. The van der Waals surface area contributed by atoms with Gasteiger partial charge in [0.25, 0.3) is 0 Å². The average Bonchev–Trinajstić information content (AvgIpc) is 3.70. The monoisotopic (exact) mass is 759 g/mol. The van der Waals surface area contributed by atoms with Crippen molar-refractivity contribution in [2.75, 3.05) is 0 Å². The van der Waals surface area contributed by atoms with Crippen molar-refractivity contribution in [3.05, 3.63) is 174 Å². The van der Waals surface area contributed by atoms with Gasteiger partial charge in [-0.05, 0) is 134 Å². The summed E-state index contributed by atoms with van der Waals surface area (Å²) >= 11 is 0. The molecule has 6 aliphatic carbocycles. The molecule has 0 unspecified atom stereocenters. The van der Waals surface area contributed by atoms with Gasteiger partial charge in [0.2, 0.25) is 0 Å². The highest BCUT2D eigenvalue weighted by atomic mass is 15.0. The first-order valence-corrected chi connectivity index (χ1v) is 21.8. The van der Waals surface area contributed by atoms with E-state index in [1.807, 2.05) is 0 Å². The highest BCUT2D eigenvalue weighted by Crippen LogP contribution is 2.70. The Balaban J connectivity index is 0.936. The second kappa shape index (κ2) is 12.2. The molecule has 3 nitrogen and oxygen atoms in total. The minimum Gasteiger partial charge on any atom is -0.208 e. The van der Waals surface area contributed by atoms with Crippen LogP contribution in [0.2, 0.25) is 0 Å². The maximum atomic E-state index is 5.32. The van der Waals surface area contributed by atoms with Gasteiger partial charge < -0.3 is 0 Å². The Hall–Kier alpha value is -6.19. The zero-order valence-corrected chi connectivity index (χ0v) is 33.6. The molecule has 7 aromatic carbocycles. The van der Waals surface area contributed by atoms with Crippen LogP contribution >= 0.6 is 0 Å². The van der Waals surface area contributed by atoms with E-state index in [0.29, 0.717) is 23.5 Å². The summed E-state index contributed by atoms with van der Waals surface area (Å²) in [5.41, 5.74) is 16.9. The molecule has 284 valence electrons. The Morgan fingerprint density at radius 3 is 1.73 bits per heavy atom. The van der Waals surface area contributed by atoms with Crippen molar-refractivity contribution in [3.8, 4) is 67.5 Å². The molecule has 59 heavy (non-hydrogen) atoms. The Bertz CT molecular complexity index is 3000. The van der Waals surface area contributed by atoms with E-state index in [1.54, 1.807) is 5.56 Å². The molecule has 14 rings (SSSR count). The molecular formula is C56H45N3. The van der Waals surface area contributed by atoms with Crippen LogP contribution in [0.15, 0.2) is 152 Å². The normalized spacial score (nSPS) is 23.6. The third-order valence-corrected chi connectivity index (χ3v) is 15.5. The fraction of sp³-hybridized carbons (Fsp3) is 0.232. The average molecular weight is 760 g/mol. The Kier molecular flexibility index (Phi) is 6.96. The molecule has 1 heterocycles. The number of benzene rings is 7. The molecule has 1 aromatic heterocycles. The second-order valence-electron chi connectivity index (χ2n) is 18.8. The van der Waals surface area contributed by atoms with Crippen LogP contribution in [0.5, 0.6) is 0 Å². The first-order valence-electron chi connectivity index (χ1n) is 21.8. The van der Waals surface area contributed by atoms with E-state index < -0.39 is 0 Å². The van der Waals surface area contributed by atoms with Crippen LogP contribution in [0, 0.1) is 23.7 Å². The Morgan fingerprint density at radius 1 is 0.407 bits per heavy atom. The highest BCUT2D eigenvalue weighted by Gasteiger charge is 2.61. The smallest absolute Gasteiger partial charge is 0.164 e. The summed E-state index contributed by atoms with van der Waals surface area (Å²) in [5, 5.41) is 2.71. The van der Waals surface area contributed by atoms with Crippen molar-refractivity contribution < 1.29 is 0 Å². The van der Waals surface area contributed by atoms with Crippen LogP contribution in [0.25, 0.3) is 78.3 Å². The van der Waals surface area contributed by atoms with E-state index in [-0.39, 0.29) is 10.8 Å². The summed E-state index contributed by atoms with van der Waals surface area (Å²) in [6.45, 7) is 4.69. The van der Waals surface area contributed by atoms with E-state index in [9.17, 15) is 0 Å². The number of nitrogens with zero attached hydrogens (tertiary/aromatic N) is 3. The van der Waals surface area contributed by atoms with Gasteiger partial charge in [-0.2, -0.15) is 0 Å². The van der Waals surface area contributed by atoms with Gasteiger partial charge >= 0.3 is 0 Å². The third-order valence-electron chi connectivity index (χ3n) is 15.5. The van der Waals surface area contributed by atoms with E-state index in [0.717, 1.165) is 34.4 Å². The summed E-state index contributed by atoms with van der Waals surface area (Å²) in [6.07, 6.45) is 6.85. The fourth-order valence-corrected chi connectivity index (χ4v) is 13.1. The number of aromatic nitrogens is 3. The van der Waals surface area contributed by atoms with Crippen LogP contribution in [-0.4, -0.2) is 15.0 Å². The summed E-state index contributed by atoms with van der Waals surface area (Å²) in [7, 11) is 0. The van der Waals surface area contributed by atoms with Gasteiger partial charge in [0, 0.05) is 27.5 Å². The minimum atomic E-state index is -0.0408. The largest absolute Gasteiger partial charge is 0.208 e. The predicted octanol–water partition coefficient (Wildman–Crippen LogP) is 13.7. The highest BCUT2D eigenvalue weighted by molar-refractivity contribution is 6.03. The molecule has 0 amide bonds. The van der Waals surface area contributed by atoms with Gasteiger partial charge in [0.1, 0.15) is 0 Å². The van der Waals surface area contributed by atoms with Gasteiger partial charge in [-0.3, -0.25) is 0 Å². The minimum absolute atomic E-state index is 0.0408. The second-order valence-corrected chi connectivity index (χ2v) is 18.8. The SMILES string of the molecule is CC1(C)c2ccccc2-c2ccc(-c3ccc(-c4nc(-c5ccccc5)nc(-c5ccc6c(c5)C5(c7ccc8ccccc8c7-6)C6CC7CC(C6)CC5C7)n4)cc3)cc21. The van der Waals surface area contributed by atoms with E-state index in [4.69, 9.17) is 15.0 Å². The molecule has 4 bridgehead atoms. The van der Waals surface area contributed by atoms with Crippen LogP contribution < -0.4 is 0 Å². The Labute approximate surface area is 346 Å². The molecule has 4 saturated carbocycles. The number of hydrogen-bond donors (Lipinski definition) is 0. The first-order chi connectivity index (χ1) is 28.9. The number of fused-ring (bicyclic) bond motifs is 8. The van der Waals surface area contributed by atoms with Crippen molar-refractivity contribution in [2.45, 2.75) is 56.8 Å². The van der Waals surface area contributed by atoms with Gasteiger partial charge in [-0.1, -0.05) is 153 Å². The van der Waals surface area contributed by atoms with Crippen LogP contribution in [0.3, 0.4) is 0 Å². The lowest BCUT2D eigenvalue weighted by molar-refractivity contribution is -0.0399. The lowest BCUT2D eigenvalue weighted by atomic mass is 9.43. The van der Waals surface area contributed by atoms with Crippen LogP contribution in [0.1, 0.15) is 68.2 Å². The lowest BCUT2D eigenvalue weighted by Crippen LogP contribution is -2.55. The van der Waals surface area contributed by atoms with E-state index >= 15 is 0 Å². The molecule has 6 aliphatic rings. The third kappa shape index (κ3) is 4.73. The quantitative estimate of drug-likeness (QED) is 0.179. The van der Waals surface area contributed by atoms with Crippen LogP contribution in [-0.2, 0) is 10.8 Å². The summed E-state index contributed by atoms with van der Waals surface area (Å²) in [4.78, 5) is 15.7.